The second-order valence-corrected chi connectivity index (χ2v) is 8.38. The Morgan fingerprint density at radius 3 is 2.46 bits per heavy atom. The fourth-order valence-corrected chi connectivity index (χ4v) is 3.46. The smallest absolute Gasteiger partial charge is 0.287 e. The van der Waals surface area contributed by atoms with Gasteiger partial charge in [-0.05, 0) is 48.8 Å². The monoisotopic (exact) mass is 382 g/mol. The maximum atomic E-state index is 12.9. The van der Waals surface area contributed by atoms with Gasteiger partial charge in [0, 0.05) is 18.8 Å². The Morgan fingerprint density at radius 2 is 1.82 bits per heavy atom. The van der Waals surface area contributed by atoms with Gasteiger partial charge in [0.25, 0.3) is 11.8 Å². The summed E-state index contributed by atoms with van der Waals surface area (Å²) < 4.78 is 1.91. The molecule has 6 nitrogen and oxygen atoms in total. The van der Waals surface area contributed by atoms with Crippen LogP contribution in [0.3, 0.4) is 0 Å². The standard InChI is InChI=1S/C22H30N4O2/c1-5-13-23-21(28)19-25-18(17-8-6-7-14-26(17)19)20(27)24-16-11-9-15(10-12-16)22(2,3)4/h9-12H,5-8,13-14H2,1-4H3,(H,23,28)(H,24,27). The van der Waals surface area contributed by atoms with Crippen LogP contribution in [0, 0.1) is 0 Å². The maximum Gasteiger partial charge on any atom is 0.287 e. The van der Waals surface area contributed by atoms with Crippen molar-refractivity contribution < 1.29 is 9.59 Å². The maximum absolute atomic E-state index is 12.9. The lowest BCUT2D eigenvalue weighted by Crippen LogP contribution is -2.28. The Labute approximate surface area is 166 Å². The molecule has 2 heterocycles. The van der Waals surface area contributed by atoms with Crippen molar-refractivity contribution in [2.45, 2.75) is 65.3 Å². The van der Waals surface area contributed by atoms with Crippen molar-refractivity contribution in [2.75, 3.05) is 11.9 Å². The molecule has 0 saturated carbocycles. The number of imidazole rings is 1. The number of nitrogens with zero attached hydrogens (tertiary/aromatic N) is 2. The average Bonchev–Trinajstić information content (AvgIpc) is 3.06. The number of amides is 2. The lowest BCUT2D eigenvalue weighted by atomic mass is 9.87. The van der Waals surface area contributed by atoms with Crippen molar-refractivity contribution in [1.29, 1.82) is 0 Å². The Bertz CT molecular complexity index is 860. The number of anilines is 1. The predicted molar refractivity (Wildman–Crippen MR) is 111 cm³/mol. The number of benzene rings is 1. The van der Waals surface area contributed by atoms with Crippen LogP contribution in [-0.4, -0.2) is 27.9 Å². The number of hydrogen-bond acceptors (Lipinski definition) is 3. The van der Waals surface area contributed by atoms with Gasteiger partial charge >= 0.3 is 0 Å². The zero-order valence-corrected chi connectivity index (χ0v) is 17.3. The minimum Gasteiger partial charge on any atom is -0.349 e. The number of rotatable bonds is 5. The van der Waals surface area contributed by atoms with E-state index in [0.717, 1.165) is 43.6 Å². The van der Waals surface area contributed by atoms with Gasteiger partial charge in [0.15, 0.2) is 11.5 Å². The van der Waals surface area contributed by atoms with Crippen molar-refractivity contribution >= 4 is 17.5 Å². The fourth-order valence-electron chi connectivity index (χ4n) is 3.46. The van der Waals surface area contributed by atoms with E-state index in [1.807, 2.05) is 35.8 Å². The number of fused-ring (bicyclic) bond motifs is 1. The molecular formula is C22H30N4O2. The van der Waals surface area contributed by atoms with Gasteiger partial charge in [0.05, 0.1) is 5.69 Å². The van der Waals surface area contributed by atoms with Gasteiger partial charge in [-0.1, -0.05) is 39.8 Å². The number of carbonyl (C=O) groups excluding carboxylic acids is 2. The molecule has 0 spiro atoms. The van der Waals surface area contributed by atoms with Gasteiger partial charge in [-0.2, -0.15) is 0 Å². The minimum absolute atomic E-state index is 0.0617. The van der Waals surface area contributed by atoms with Crippen molar-refractivity contribution in [3.63, 3.8) is 0 Å². The van der Waals surface area contributed by atoms with Gasteiger partial charge in [-0.15, -0.1) is 0 Å². The van der Waals surface area contributed by atoms with Gasteiger partial charge in [0.2, 0.25) is 0 Å². The summed E-state index contributed by atoms with van der Waals surface area (Å²) in [7, 11) is 0. The summed E-state index contributed by atoms with van der Waals surface area (Å²) >= 11 is 0. The van der Waals surface area contributed by atoms with Crippen molar-refractivity contribution in [3.8, 4) is 0 Å². The Hall–Kier alpha value is -2.63. The molecule has 1 aliphatic rings. The molecule has 0 atom stereocenters. The third-order valence-electron chi connectivity index (χ3n) is 5.08. The number of carbonyl (C=O) groups is 2. The predicted octanol–water partition coefficient (Wildman–Crippen LogP) is 3.91. The summed E-state index contributed by atoms with van der Waals surface area (Å²) in [5.74, 6) is -0.126. The van der Waals surface area contributed by atoms with E-state index in [2.05, 4.69) is 36.4 Å². The molecule has 0 bridgehead atoms. The van der Waals surface area contributed by atoms with Crippen molar-refractivity contribution in [3.05, 3.63) is 47.0 Å². The highest BCUT2D eigenvalue weighted by atomic mass is 16.2. The van der Waals surface area contributed by atoms with E-state index >= 15 is 0 Å². The highest BCUT2D eigenvalue weighted by Gasteiger charge is 2.27. The minimum atomic E-state index is -0.260. The van der Waals surface area contributed by atoms with E-state index in [-0.39, 0.29) is 17.2 Å². The lowest BCUT2D eigenvalue weighted by molar-refractivity contribution is 0.0937. The largest absolute Gasteiger partial charge is 0.349 e. The van der Waals surface area contributed by atoms with Gasteiger partial charge < -0.3 is 15.2 Å². The van der Waals surface area contributed by atoms with Crippen LogP contribution in [-0.2, 0) is 18.4 Å². The van der Waals surface area contributed by atoms with Crippen LogP contribution >= 0.6 is 0 Å². The second kappa shape index (κ2) is 8.17. The zero-order valence-electron chi connectivity index (χ0n) is 17.3. The summed E-state index contributed by atoms with van der Waals surface area (Å²) in [5, 5.41) is 5.80. The van der Waals surface area contributed by atoms with Gasteiger partial charge in [-0.25, -0.2) is 4.98 Å². The highest BCUT2D eigenvalue weighted by Crippen LogP contribution is 2.25. The van der Waals surface area contributed by atoms with E-state index in [4.69, 9.17) is 0 Å². The number of hydrogen-bond donors (Lipinski definition) is 2. The lowest BCUT2D eigenvalue weighted by Gasteiger charge is -2.19. The van der Waals surface area contributed by atoms with Crippen LogP contribution in [0.25, 0.3) is 0 Å². The fraction of sp³-hybridized carbons (Fsp3) is 0.500. The summed E-state index contributed by atoms with van der Waals surface area (Å²) in [6, 6.07) is 7.88. The quantitative estimate of drug-likeness (QED) is 0.823. The SMILES string of the molecule is CCCNC(=O)c1nc(C(=O)Nc2ccc(C(C)(C)C)cc2)c2n1CCCC2. The molecule has 3 rings (SSSR count). The van der Waals surface area contributed by atoms with Crippen molar-refractivity contribution in [2.24, 2.45) is 0 Å². The molecule has 1 aliphatic heterocycles. The third kappa shape index (κ3) is 4.26. The van der Waals surface area contributed by atoms with Gasteiger partial charge in [-0.3, -0.25) is 9.59 Å². The first-order valence-electron chi connectivity index (χ1n) is 10.1. The summed E-state index contributed by atoms with van der Waals surface area (Å²) in [6.45, 7) is 9.80. The van der Waals surface area contributed by atoms with Crippen LogP contribution in [0.15, 0.2) is 24.3 Å². The highest BCUT2D eigenvalue weighted by molar-refractivity contribution is 6.05. The molecule has 0 fully saturated rings. The number of aromatic nitrogens is 2. The Kier molecular flexibility index (Phi) is 5.87. The molecule has 2 N–H and O–H groups in total. The molecule has 0 saturated heterocycles. The van der Waals surface area contributed by atoms with E-state index in [9.17, 15) is 9.59 Å². The van der Waals surface area contributed by atoms with E-state index in [0.29, 0.717) is 18.1 Å². The second-order valence-electron chi connectivity index (χ2n) is 8.38. The normalized spacial score (nSPS) is 13.7. The van der Waals surface area contributed by atoms with E-state index < -0.39 is 0 Å². The van der Waals surface area contributed by atoms with E-state index in [1.165, 1.54) is 5.56 Å². The zero-order chi connectivity index (χ0) is 20.3. The Balaban J connectivity index is 1.83. The topological polar surface area (TPSA) is 76.0 Å². The van der Waals surface area contributed by atoms with Crippen LogP contribution in [0.2, 0.25) is 0 Å². The molecule has 150 valence electrons. The Morgan fingerprint density at radius 1 is 1.11 bits per heavy atom. The number of nitrogens with one attached hydrogen (secondary N) is 2. The van der Waals surface area contributed by atoms with Crippen LogP contribution in [0.5, 0.6) is 0 Å². The van der Waals surface area contributed by atoms with Crippen molar-refractivity contribution in [1.82, 2.24) is 14.9 Å². The molecule has 28 heavy (non-hydrogen) atoms. The average molecular weight is 383 g/mol. The summed E-state index contributed by atoms with van der Waals surface area (Å²) in [6.07, 6.45) is 3.62. The first-order valence-corrected chi connectivity index (χ1v) is 10.1. The van der Waals surface area contributed by atoms with Crippen LogP contribution in [0.1, 0.15) is 79.3 Å². The summed E-state index contributed by atoms with van der Waals surface area (Å²) in [4.78, 5) is 29.8. The molecule has 1 aromatic carbocycles. The van der Waals surface area contributed by atoms with Crippen LogP contribution < -0.4 is 10.6 Å². The molecule has 6 heteroatoms. The molecule has 1 aromatic heterocycles. The molecule has 0 radical (unpaired) electrons. The molecule has 0 aliphatic carbocycles. The van der Waals surface area contributed by atoms with Gasteiger partial charge in [0.1, 0.15) is 0 Å². The summed E-state index contributed by atoms with van der Waals surface area (Å²) in [5.41, 5.74) is 3.22. The molecule has 2 amide bonds. The molecule has 2 aromatic rings. The molecular weight excluding hydrogens is 352 g/mol. The first-order chi connectivity index (χ1) is 13.3. The third-order valence-corrected chi connectivity index (χ3v) is 5.08. The van der Waals surface area contributed by atoms with E-state index in [1.54, 1.807) is 0 Å². The molecule has 0 unspecified atom stereocenters. The van der Waals surface area contributed by atoms with Crippen LogP contribution in [0.4, 0.5) is 5.69 Å². The first kappa shape index (κ1) is 20.1.